The summed E-state index contributed by atoms with van der Waals surface area (Å²) in [5.41, 5.74) is 6.65. The predicted octanol–water partition coefficient (Wildman–Crippen LogP) is 3.65. The molecule has 1 aliphatic rings. The van der Waals surface area contributed by atoms with E-state index >= 15 is 0 Å². The van der Waals surface area contributed by atoms with Crippen LogP contribution in [0.2, 0.25) is 5.02 Å². The summed E-state index contributed by atoms with van der Waals surface area (Å²) in [5, 5.41) is 3.91. The van der Waals surface area contributed by atoms with Crippen LogP contribution >= 0.6 is 11.6 Å². The average Bonchev–Trinajstić information content (AvgIpc) is 2.67. The normalized spacial score (nSPS) is 23.5. The predicted molar refractivity (Wildman–Crippen MR) is 77.8 cm³/mol. The van der Waals surface area contributed by atoms with Gasteiger partial charge in [0.15, 0.2) is 0 Å². The Morgan fingerprint density at radius 1 is 1.53 bits per heavy atom. The van der Waals surface area contributed by atoms with Crippen LogP contribution < -0.4 is 11.1 Å². The van der Waals surface area contributed by atoms with E-state index in [1.54, 1.807) is 12.1 Å². The lowest BCUT2D eigenvalue weighted by molar-refractivity contribution is 0.351. The van der Waals surface area contributed by atoms with Crippen LogP contribution in [0.5, 0.6) is 0 Å². The minimum Gasteiger partial charge on any atom is -0.329 e. The highest BCUT2D eigenvalue weighted by Crippen LogP contribution is 2.38. The Morgan fingerprint density at radius 2 is 2.26 bits per heavy atom. The number of halogens is 2. The Labute approximate surface area is 119 Å². The third-order valence-corrected chi connectivity index (χ3v) is 4.32. The topological polar surface area (TPSA) is 38.0 Å². The van der Waals surface area contributed by atoms with Gasteiger partial charge in [0.2, 0.25) is 0 Å². The SMILES string of the molecule is CC1(C)CCC(NC(CN)c2c(F)cccc2Cl)C1. The Bertz CT molecular complexity index is 428. The van der Waals surface area contributed by atoms with Gasteiger partial charge in [-0.15, -0.1) is 0 Å². The first-order valence-corrected chi connectivity index (χ1v) is 7.21. The van der Waals surface area contributed by atoms with Gasteiger partial charge in [0.1, 0.15) is 5.82 Å². The maximum atomic E-state index is 13.9. The molecule has 2 nitrogen and oxygen atoms in total. The van der Waals surface area contributed by atoms with Gasteiger partial charge in [0.05, 0.1) is 0 Å². The summed E-state index contributed by atoms with van der Waals surface area (Å²) in [7, 11) is 0. The third-order valence-electron chi connectivity index (χ3n) is 3.99. The first-order chi connectivity index (χ1) is 8.93. The van der Waals surface area contributed by atoms with Gasteiger partial charge in [0.25, 0.3) is 0 Å². The Hall–Kier alpha value is -0.640. The minimum atomic E-state index is -0.285. The fourth-order valence-corrected chi connectivity index (χ4v) is 3.27. The Kier molecular flexibility index (Phi) is 4.49. The van der Waals surface area contributed by atoms with Gasteiger partial charge in [-0.3, -0.25) is 0 Å². The highest BCUT2D eigenvalue weighted by molar-refractivity contribution is 6.31. The zero-order valence-electron chi connectivity index (χ0n) is 11.5. The van der Waals surface area contributed by atoms with Crippen molar-refractivity contribution in [2.24, 2.45) is 11.1 Å². The number of hydrogen-bond acceptors (Lipinski definition) is 2. The lowest BCUT2D eigenvalue weighted by atomic mass is 9.91. The molecule has 4 heteroatoms. The summed E-state index contributed by atoms with van der Waals surface area (Å²) >= 11 is 6.11. The second-order valence-corrected chi connectivity index (χ2v) is 6.60. The third kappa shape index (κ3) is 3.47. The average molecular weight is 285 g/mol. The van der Waals surface area contributed by atoms with Gasteiger partial charge in [-0.05, 0) is 36.8 Å². The molecule has 19 heavy (non-hydrogen) atoms. The lowest BCUT2D eigenvalue weighted by Crippen LogP contribution is -2.36. The van der Waals surface area contributed by atoms with Gasteiger partial charge in [-0.2, -0.15) is 0 Å². The molecule has 0 amide bonds. The number of rotatable bonds is 4. The monoisotopic (exact) mass is 284 g/mol. The second-order valence-electron chi connectivity index (χ2n) is 6.19. The largest absolute Gasteiger partial charge is 0.329 e. The highest BCUT2D eigenvalue weighted by Gasteiger charge is 2.32. The molecule has 0 radical (unpaired) electrons. The van der Waals surface area contributed by atoms with E-state index < -0.39 is 0 Å². The molecule has 3 N–H and O–H groups in total. The fourth-order valence-electron chi connectivity index (χ4n) is 2.98. The van der Waals surface area contributed by atoms with E-state index in [1.165, 1.54) is 12.5 Å². The van der Waals surface area contributed by atoms with Crippen LogP contribution in [0.4, 0.5) is 4.39 Å². The molecule has 2 atom stereocenters. The molecule has 0 saturated heterocycles. The van der Waals surface area contributed by atoms with Crippen LogP contribution in [-0.2, 0) is 0 Å². The van der Waals surface area contributed by atoms with Gasteiger partial charge < -0.3 is 11.1 Å². The number of hydrogen-bond donors (Lipinski definition) is 2. The zero-order valence-corrected chi connectivity index (χ0v) is 12.3. The van der Waals surface area contributed by atoms with Crippen molar-refractivity contribution in [3.63, 3.8) is 0 Å². The maximum absolute atomic E-state index is 13.9. The van der Waals surface area contributed by atoms with Crippen molar-refractivity contribution in [3.05, 3.63) is 34.6 Å². The summed E-state index contributed by atoms with van der Waals surface area (Å²) in [6, 6.07) is 4.94. The van der Waals surface area contributed by atoms with Crippen molar-refractivity contribution >= 4 is 11.6 Å². The summed E-state index contributed by atoms with van der Waals surface area (Å²) in [5.74, 6) is -0.285. The molecule has 0 heterocycles. The molecule has 0 aliphatic heterocycles. The zero-order chi connectivity index (χ0) is 14.0. The van der Waals surface area contributed by atoms with Crippen molar-refractivity contribution in [2.45, 2.75) is 45.2 Å². The van der Waals surface area contributed by atoms with Crippen molar-refractivity contribution in [1.82, 2.24) is 5.32 Å². The summed E-state index contributed by atoms with van der Waals surface area (Å²) in [6.07, 6.45) is 3.39. The van der Waals surface area contributed by atoms with E-state index in [4.69, 9.17) is 17.3 Å². The lowest BCUT2D eigenvalue weighted by Gasteiger charge is -2.24. The van der Waals surface area contributed by atoms with Crippen LogP contribution in [0, 0.1) is 11.2 Å². The van der Waals surface area contributed by atoms with E-state index in [0.29, 0.717) is 28.6 Å². The Balaban J connectivity index is 2.13. The van der Waals surface area contributed by atoms with Crippen molar-refractivity contribution < 1.29 is 4.39 Å². The van der Waals surface area contributed by atoms with Gasteiger partial charge in [0, 0.05) is 29.2 Å². The van der Waals surface area contributed by atoms with E-state index in [9.17, 15) is 4.39 Å². The van der Waals surface area contributed by atoms with Gasteiger partial charge >= 0.3 is 0 Å². The molecule has 1 aliphatic carbocycles. The molecule has 0 aromatic heterocycles. The van der Waals surface area contributed by atoms with Crippen molar-refractivity contribution in [2.75, 3.05) is 6.54 Å². The molecule has 2 unspecified atom stereocenters. The van der Waals surface area contributed by atoms with Crippen LogP contribution in [0.25, 0.3) is 0 Å². The molecule has 1 aromatic rings. The van der Waals surface area contributed by atoms with E-state index in [0.717, 1.165) is 12.8 Å². The van der Waals surface area contributed by atoms with Crippen LogP contribution in [0.3, 0.4) is 0 Å². The molecule has 1 fully saturated rings. The quantitative estimate of drug-likeness (QED) is 0.886. The number of nitrogens with two attached hydrogens (primary N) is 1. The molecule has 0 spiro atoms. The van der Waals surface area contributed by atoms with Gasteiger partial charge in [-0.1, -0.05) is 31.5 Å². The van der Waals surface area contributed by atoms with Crippen LogP contribution in [-0.4, -0.2) is 12.6 Å². The van der Waals surface area contributed by atoms with Crippen LogP contribution in [0.15, 0.2) is 18.2 Å². The smallest absolute Gasteiger partial charge is 0.129 e. The molecule has 106 valence electrons. The molecule has 2 rings (SSSR count). The highest BCUT2D eigenvalue weighted by atomic mass is 35.5. The minimum absolute atomic E-state index is 0.215. The molecular formula is C15H22ClFN2. The number of benzene rings is 1. The van der Waals surface area contributed by atoms with Crippen LogP contribution in [0.1, 0.15) is 44.7 Å². The molecule has 1 aromatic carbocycles. The first kappa shape index (κ1) is 14.8. The second kappa shape index (κ2) is 5.78. The standard InChI is InChI=1S/C15H22ClFN2/c1-15(2)7-6-10(8-15)19-13(9-18)14-11(16)4-3-5-12(14)17/h3-5,10,13,19H,6-9,18H2,1-2H3. The summed E-state index contributed by atoms with van der Waals surface area (Å²) < 4.78 is 13.9. The van der Waals surface area contributed by atoms with Gasteiger partial charge in [-0.25, -0.2) is 4.39 Å². The molecule has 1 saturated carbocycles. The summed E-state index contributed by atoms with van der Waals surface area (Å²) in [4.78, 5) is 0. The fraction of sp³-hybridized carbons (Fsp3) is 0.600. The van der Waals surface area contributed by atoms with Crippen molar-refractivity contribution in [3.8, 4) is 0 Å². The van der Waals surface area contributed by atoms with E-state index in [2.05, 4.69) is 19.2 Å². The molecule has 0 bridgehead atoms. The van der Waals surface area contributed by atoms with E-state index in [-0.39, 0.29) is 11.9 Å². The number of nitrogens with one attached hydrogen (secondary N) is 1. The molecular weight excluding hydrogens is 263 g/mol. The van der Waals surface area contributed by atoms with E-state index in [1.807, 2.05) is 0 Å². The Morgan fingerprint density at radius 3 is 2.79 bits per heavy atom. The summed E-state index contributed by atoms with van der Waals surface area (Å²) in [6.45, 7) is 4.88. The van der Waals surface area contributed by atoms with Crippen molar-refractivity contribution in [1.29, 1.82) is 0 Å². The maximum Gasteiger partial charge on any atom is 0.129 e. The first-order valence-electron chi connectivity index (χ1n) is 6.83.